The summed E-state index contributed by atoms with van der Waals surface area (Å²) in [5.41, 5.74) is 5.73. The maximum atomic E-state index is 13.6. The second-order valence-electron chi connectivity index (χ2n) is 12.8. The largest absolute Gasteiger partial charge is 0.443 e. The van der Waals surface area contributed by atoms with Crippen molar-refractivity contribution in [3.8, 4) is 22.7 Å². The highest BCUT2D eigenvalue weighted by atomic mass is 28.3. The molecule has 1 aromatic heterocycles. The second-order valence-corrected chi connectivity index (χ2v) is 18.3. The summed E-state index contributed by atoms with van der Waals surface area (Å²) < 4.78 is 12.7. The summed E-state index contributed by atoms with van der Waals surface area (Å²) in [6.07, 6.45) is 2.38. The standard InChI is InChI=1S/C31H46N2O4Si/c1-22(2)38(23(3)4,24(5)6)20-19-33(29(35)37-31(10,11)12)27-16-14-13-15-26(27)25-17-18-32(21-25)28(34)36-30(7,8)9/h13-18,21-24H,1-12H3. The van der Waals surface area contributed by atoms with Crippen LogP contribution < -0.4 is 4.90 Å². The highest BCUT2D eigenvalue weighted by Crippen LogP contribution is 2.41. The first-order chi connectivity index (χ1) is 17.4. The van der Waals surface area contributed by atoms with Gasteiger partial charge in [-0.05, 0) is 70.3 Å². The van der Waals surface area contributed by atoms with Crippen LogP contribution in [-0.2, 0) is 9.47 Å². The van der Waals surface area contributed by atoms with Gasteiger partial charge in [0.1, 0.15) is 19.3 Å². The smallest absolute Gasteiger partial charge is 0.426 e. The number of benzene rings is 1. The van der Waals surface area contributed by atoms with Crippen molar-refractivity contribution < 1.29 is 19.1 Å². The summed E-state index contributed by atoms with van der Waals surface area (Å²) in [7, 11) is -2.13. The molecule has 0 atom stereocenters. The van der Waals surface area contributed by atoms with Gasteiger partial charge < -0.3 is 9.47 Å². The normalized spacial score (nSPS) is 12.4. The van der Waals surface area contributed by atoms with Crippen LogP contribution >= 0.6 is 0 Å². The molecule has 7 heteroatoms. The Hall–Kier alpha value is -2.98. The number of para-hydroxylation sites is 1. The first-order valence-corrected chi connectivity index (χ1v) is 15.7. The Morgan fingerprint density at radius 1 is 0.842 bits per heavy atom. The van der Waals surface area contributed by atoms with Crippen LogP contribution in [0.1, 0.15) is 83.1 Å². The number of nitrogens with zero attached hydrogens (tertiary/aromatic N) is 2. The van der Waals surface area contributed by atoms with Gasteiger partial charge in [0.15, 0.2) is 0 Å². The zero-order valence-electron chi connectivity index (χ0n) is 25.3. The van der Waals surface area contributed by atoms with Gasteiger partial charge >= 0.3 is 12.2 Å². The van der Waals surface area contributed by atoms with Crippen LogP contribution in [0.2, 0.25) is 16.6 Å². The molecule has 0 radical (unpaired) electrons. The fraction of sp³-hybridized carbons (Fsp3) is 0.548. The van der Waals surface area contributed by atoms with Gasteiger partial charge in [0.25, 0.3) is 0 Å². The topological polar surface area (TPSA) is 60.8 Å². The van der Waals surface area contributed by atoms with Gasteiger partial charge in [0.05, 0.1) is 5.69 Å². The zero-order valence-corrected chi connectivity index (χ0v) is 26.3. The molecule has 0 aliphatic carbocycles. The maximum absolute atomic E-state index is 13.6. The number of hydrogen-bond donors (Lipinski definition) is 0. The molecule has 0 saturated heterocycles. The van der Waals surface area contributed by atoms with E-state index in [-0.39, 0.29) is 0 Å². The quantitative estimate of drug-likeness (QED) is 0.217. The highest BCUT2D eigenvalue weighted by Gasteiger charge is 2.42. The van der Waals surface area contributed by atoms with Gasteiger partial charge in [-0.25, -0.2) is 14.5 Å². The third kappa shape index (κ3) is 7.54. The summed E-state index contributed by atoms with van der Waals surface area (Å²) in [6.45, 7) is 24.5. The van der Waals surface area contributed by atoms with E-state index in [1.807, 2.05) is 71.9 Å². The molecule has 0 N–H and O–H groups in total. The van der Waals surface area contributed by atoms with E-state index in [0.717, 1.165) is 11.1 Å². The molecule has 208 valence electrons. The van der Waals surface area contributed by atoms with Gasteiger partial charge in [-0.3, -0.25) is 4.57 Å². The van der Waals surface area contributed by atoms with Crippen LogP contribution in [0.25, 0.3) is 11.1 Å². The van der Waals surface area contributed by atoms with Crippen molar-refractivity contribution in [2.45, 2.75) is 111 Å². The number of anilines is 1. The molecule has 38 heavy (non-hydrogen) atoms. The molecule has 0 aliphatic heterocycles. The van der Waals surface area contributed by atoms with E-state index in [2.05, 4.69) is 53.1 Å². The molecular weight excluding hydrogens is 492 g/mol. The van der Waals surface area contributed by atoms with Crippen LogP contribution in [0.4, 0.5) is 15.3 Å². The van der Waals surface area contributed by atoms with Gasteiger partial charge in [-0.2, -0.15) is 0 Å². The molecule has 0 aliphatic rings. The van der Waals surface area contributed by atoms with Crippen molar-refractivity contribution in [2.75, 3.05) is 4.90 Å². The lowest BCUT2D eigenvalue weighted by molar-refractivity contribution is 0.0535. The summed E-state index contributed by atoms with van der Waals surface area (Å²) >= 11 is 0. The average molecular weight is 539 g/mol. The van der Waals surface area contributed by atoms with E-state index in [4.69, 9.17) is 9.47 Å². The van der Waals surface area contributed by atoms with E-state index in [1.54, 1.807) is 12.4 Å². The Morgan fingerprint density at radius 3 is 1.87 bits per heavy atom. The molecule has 0 fully saturated rings. The molecule has 1 heterocycles. The molecule has 1 aromatic carbocycles. The van der Waals surface area contributed by atoms with Crippen molar-refractivity contribution in [1.82, 2.24) is 4.57 Å². The van der Waals surface area contributed by atoms with Gasteiger partial charge in [-0.1, -0.05) is 59.7 Å². The SMILES string of the molecule is CC(C)[Si](C#CN(C(=O)OC(C)(C)C)c1ccccc1-c1ccn(C(=O)OC(C)(C)C)c1)(C(C)C)C(C)C. The minimum Gasteiger partial charge on any atom is -0.443 e. The van der Waals surface area contributed by atoms with E-state index >= 15 is 0 Å². The third-order valence-corrected chi connectivity index (χ3v) is 12.9. The van der Waals surface area contributed by atoms with E-state index in [1.165, 1.54) is 9.47 Å². The first kappa shape index (κ1) is 31.2. The number of rotatable bonds is 5. The van der Waals surface area contributed by atoms with Crippen LogP contribution in [0, 0.1) is 11.6 Å². The number of hydrogen-bond acceptors (Lipinski definition) is 4. The lowest BCUT2D eigenvalue weighted by Gasteiger charge is -2.38. The van der Waals surface area contributed by atoms with Crippen LogP contribution in [0.3, 0.4) is 0 Å². The fourth-order valence-corrected chi connectivity index (χ4v) is 10.2. The summed E-state index contributed by atoms with van der Waals surface area (Å²) in [4.78, 5) is 27.7. The minimum atomic E-state index is -2.13. The monoisotopic (exact) mass is 538 g/mol. The van der Waals surface area contributed by atoms with E-state index in [0.29, 0.717) is 22.3 Å². The van der Waals surface area contributed by atoms with Crippen LogP contribution in [0.15, 0.2) is 42.7 Å². The number of carbonyl (C=O) groups is 2. The molecule has 1 amide bonds. The molecule has 0 spiro atoms. The van der Waals surface area contributed by atoms with E-state index in [9.17, 15) is 9.59 Å². The van der Waals surface area contributed by atoms with Crippen molar-refractivity contribution >= 4 is 25.9 Å². The van der Waals surface area contributed by atoms with Gasteiger partial charge in [0.2, 0.25) is 0 Å². The Bertz CT molecular complexity index is 1160. The first-order valence-electron chi connectivity index (χ1n) is 13.5. The second kappa shape index (κ2) is 11.8. The Balaban J connectivity index is 2.69. The van der Waals surface area contributed by atoms with Crippen molar-refractivity contribution in [3.05, 3.63) is 42.7 Å². The summed E-state index contributed by atoms with van der Waals surface area (Å²) in [5.74, 6) is 0. The maximum Gasteiger partial charge on any atom is 0.426 e. The lowest BCUT2D eigenvalue weighted by Crippen LogP contribution is -2.44. The average Bonchev–Trinajstić information content (AvgIpc) is 3.24. The number of aromatic nitrogens is 1. The molecule has 0 bridgehead atoms. The zero-order chi connectivity index (χ0) is 29.1. The van der Waals surface area contributed by atoms with Crippen molar-refractivity contribution in [1.29, 1.82) is 0 Å². The van der Waals surface area contributed by atoms with Crippen LogP contribution in [0.5, 0.6) is 0 Å². The molecule has 0 saturated carbocycles. The summed E-state index contributed by atoms with van der Waals surface area (Å²) in [6, 6.07) is 12.7. The Kier molecular flexibility index (Phi) is 9.71. The van der Waals surface area contributed by atoms with E-state index < -0.39 is 31.5 Å². The predicted molar refractivity (Wildman–Crippen MR) is 159 cm³/mol. The number of carbonyl (C=O) groups excluding carboxylic acids is 2. The molecule has 2 aromatic rings. The number of ether oxygens (including phenoxy) is 2. The highest BCUT2D eigenvalue weighted by molar-refractivity contribution is 6.90. The fourth-order valence-electron chi connectivity index (χ4n) is 4.99. The Morgan fingerprint density at radius 2 is 1.37 bits per heavy atom. The van der Waals surface area contributed by atoms with Crippen LogP contribution in [-0.4, -0.2) is 36.0 Å². The van der Waals surface area contributed by atoms with Crippen molar-refractivity contribution in [2.24, 2.45) is 0 Å². The number of amides is 1. The molecule has 6 nitrogen and oxygen atoms in total. The molecular formula is C31H46N2O4Si. The molecule has 2 rings (SSSR count). The minimum absolute atomic E-state index is 0.411. The van der Waals surface area contributed by atoms with Gasteiger partial charge in [0, 0.05) is 29.6 Å². The summed E-state index contributed by atoms with van der Waals surface area (Å²) in [5, 5.41) is 0. The van der Waals surface area contributed by atoms with Gasteiger partial charge in [-0.15, -0.1) is 5.54 Å². The molecule has 0 unspecified atom stereocenters. The third-order valence-electron chi connectivity index (χ3n) is 6.58. The van der Waals surface area contributed by atoms with Crippen molar-refractivity contribution in [3.63, 3.8) is 0 Å². The Labute approximate surface area is 230 Å². The lowest BCUT2D eigenvalue weighted by atomic mass is 10.1. The predicted octanol–water partition coefficient (Wildman–Crippen LogP) is 8.86.